The summed E-state index contributed by atoms with van der Waals surface area (Å²) in [5.74, 6) is 0.132. The molecule has 0 aromatic rings. The lowest BCUT2D eigenvalue weighted by Gasteiger charge is -2.27. The second kappa shape index (κ2) is 4.61. The molecule has 2 aliphatic heterocycles. The van der Waals surface area contributed by atoms with Gasteiger partial charge in [0.15, 0.2) is 20.1 Å². The molecule has 0 spiro atoms. The number of carbonyl (C=O) groups excluding carboxylic acids is 1. The van der Waals surface area contributed by atoms with E-state index in [-0.39, 0.29) is 30.0 Å². The van der Waals surface area contributed by atoms with E-state index in [0.29, 0.717) is 13.2 Å². The molecule has 1 aliphatic carbocycles. The van der Waals surface area contributed by atoms with Gasteiger partial charge in [0.25, 0.3) is 0 Å². The van der Waals surface area contributed by atoms with E-state index in [2.05, 4.69) is 29.9 Å². The molecule has 2 heterocycles. The lowest BCUT2D eigenvalue weighted by Crippen LogP contribution is -2.46. The summed E-state index contributed by atoms with van der Waals surface area (Å²) in [5, 5.41) is 8.41. The third-order valence-corrected chi connectivity index (χ3v) is 5.51. The summed E-state index contributed by atoms with van der Waals surface area (Å²) in [6, 6.07) is 0. The Kier molecular flexibility index (Phi) is 3.26. The lowest BCUT2D eigenvalue weighted by atomic mass is 9.81. The van der Waals surface area contributed by atoms with Crippen molar-refractivity contribution in [3.8, 4) is 0 Å². The maximum Gasteiger partial charge on any atom is 0.336 e. The fourth-order valence-corrected chi connectivity index (χ4v) is 4.73. The molecule has 3 aliphatic rings. The van der Waals surface area contributed by atoms with Crippen molar-refractivity contribution in [2.24, 2.45) is 28.0 Å². The smallest absolute Gasteiger partial charge is 0.336 e. The molecule has 1 saturated heterocycles. The van der Waals surface area contributed by atoms with Gasteiger partial charge in [-0.25, -0.2) is 4.79 Å². The van der Waals surface area contributed by atoms with Crippen molar-refractivity contribution in [2.45, 2.75) is 37.9 Å². The van der Waals surface area contributed by atoms with Gasteiger partial charge in [0.2, 0.25) is 0 Å². The van der Waals surface area contributed by atoms with E-state index in [4.69, 9.17) is 13.9 Å². The molecule has 0 aromatic carbocycles. The topological polar surface area (TPSA) is 69.5 Å². The Bertz CT molecular complexity index is 450. The molecule has 112 valence electrons. The monoisotopic (exact) mass is 298 g/mol. The lowest BCUT2D eigenvalue weighted by molar-refractivity contribution is -0.150. The average Bonchev–Trinajstić information content (AvgIpc) is 2.98. The fraction of sp³-hybridized carbons (Fsp3) is 0.923. The second-order valence-electron chi connectivity index (χ2n) is 6.88. The second-order valence-corrected chi connectivity index (χ2v) is 11.3. The summed E-state index contributed by atoms with van der Waals surface area (Å²) >= 11 is 0. The van der Waals surface area contributed by atoms with E-state index in [1.807, 2.05) is 0 Å². The number of hydrogen-bond donors (Lipinski definition) is 0. The zero-order valence-electron chi connectivity index (χ0n) is 12.5. The van der Waals surface area contributed by atoms with E-state index >= 15 is 0 Å². The normalized spacial score (nSPS) is 42.6. The number of esters is 1. The van der Waals surface area contributed by atoms with Crippen LogP contribution in [0.2, 0.25) is 19.6 Å². The fourth-order valence-electron chi connectivity index (χ4n) is 3.79. The van der Waals surface area contributed by atoms with Crippen molar-refractivity contribution in [3.63, 3.8) is 0 Å². The SMILES string of the molecule is COC(=O)[C@@]12N=NC[C@@H]1C[C@@H]1[C@@H](O[Si](C)(C)C)OC[C@@H]12. The van der Waals surface area contributed by atoms with Crippen LogP contribution in [0.4, 0.5) is 0 Å². The molecule has 0 unspecified atom stereocenters. The molecular weight excluding hydrogens is 276 g/mol. The third-order valence-electron chi connectivity index (χ3n) is 4.57. The molecule has 5 atom stereocenters. The third kappa shape index (κ3) is 1.94. The minimum absolute atomic E-state index is 0.0348. The van der Waals surface area contributed by atoms with Crippen molar-refractivity contribution in [1.82, 2.24) is 0 Å². The number of nitrogens with zero attached hydrogens (tertiary/aromatic N) is 2. The first-order valence-corrected chi connectivity index (χ1v) is 10.6. The van der Waals surface area contributed by atoms with E-state index in [0.717, 1.165) is 6.42 Å². The largest absolute Gasteiger partial charge is 0.467 e. The Labute approximate surface area is 120 Å². The number of carbonyl (C=O) groups is 1. The van der Waals surface area contributed by atoms with Crippen LogP contribution in [-0.2, 0) is 18.7 Å². The van der Waals surface area contributed by atoms with E-state index in [9.17, 15) is 4.79 Å². The number of azo groups is 1. The number of rotatable bonds is 3. The molecule has 2 fully saturated rings. The van der Waals surface area contributed by atoms with Crippen LogP contribution in [0.25, 0.3) is 0 Å². The van der Waals surface area contributed by atoms with Crippen LogP contribution in [-0.4, -0.2) is 46.4 Å². The number of ether oxygens (including phenoxy) is 2. The standard InChI is InChI=1S/C13H22N2O4Si/c1-17-12(16)13-8(6-14-15-13)5-9-10(13)7-18-11(9)19-20(2,3)4/h8-11H,5-7H2,1-4H3/t8-,9-,10-,11+,13+/m0/s1. The highest BCUT2D eigenvalue weighted by molar-refractivity contribution is 6.69. The zero-order valence-corrected chi connectivity index (χ0v) is 13.5. The van der Waals surface area contributed by atoms with Crippen molar-refractivity contribution in [2.75, 3.05) is 20.3 Å². The molecule has 0 radical (unpaired) electrons. The summed E-state index contributed by atoms with van der Waals surface area (Å²) in [6.45, 7) is 7.56. The van der Waals surface area contributed by atoms with Crippen molar-refractivity contribution in [1.29, 1.82) is 0 Å². The summed E-state index contributed by atoms with van der Waals surface area (Å²) in [4.78, 5) is 12.3. The summed E-state index contributed by atoms with van der Waals surface area (Å²) in [7, 11) is -0.256. The summed E-state index contributed by atoms with van der Waals surface area (Å²) in [6.07, 6.45) is 0.677. The molecule has 1 saturated carbocycles. The highest BCUT2D eigenvalue weighted by Crippen LogP contribution is 2.55. The predicted octanol–water partition coefficient (Wildman–Crippen LogP) is 1.82. The minimum Gasteiger partial charge on any atom is -0.467 e. The number of fused-ring (bicyclic) bond motifs is 3. The van der Waals surface area contributed by atoms with Crippen LogP contribution < -0.4 is 0 Å². The first kappa shape index (κ1) is 14.2. The highest BCUT2D eigenvalue weighted by atomic mass is 28.4. The van der Waals surface area contributed by atoms with Gasteiger partial charge in [-0.1, -0.05) is 0 Å². The first-order chi connectivity index (χ1) is 9.38. The van der Waals surface area contributed by atoms with Crippen LogP contribution in [0, 0.1) is 17.8 Å². The van der Waals surface area contributed by atoms with Gasteiger partial charge in [-0.15, -0.1) is 0 Å². The molecule has 0 N–H and O–H groups in total. The minimum atomic E-state index is -1.67. The van der Waals surface area contributed by atoms with Gasteiger partial charge in [-0.05, 0) is 26.1 Å². The Hall–Kier alpha value is -0.793. The van der Waals surface area contributed by atoms with Gasteiger partial charge in [-0.2, -0.15) is 10.2 Å². The number of hydrogen-bond acceptors (Lipinski definition) is 6. The molecule has 0 bridgehead atoms. The molecule has 0 aromatic heterocycles. The van der Waals surface area contributed by atoms with Crippen LogP contribution in [0.5, 0.6) is 0 Å². The van der Waals surface area contributed by atoms with Gasteiger partial charge in [0, 0.05) is 17.8 Å². The van der Waals surface area contributed by atoms with Crippen molar-refractivity contribution >= 4 is 14.3 Å². The van der Waals surface area contributed by atoms with Crippen molar-refractivity contribution < 1.29 is 18.7 Å². The average molecular weight is 298 g/mol. The molecule has 0 amide bonds. The Morgan fingerprint density at radius 1 is 1.40 bits per heavy atom. The Morgan fingerprint density at radius 2 is 2.15 bits per heavy atom. The first-order valence-electron chi connectivity index (χ1n) is 7.15. The van der Waals surface area contributed by atoms with Crippen molar-refractivity contribution in [3.05, 3.63) is 0 Å². The molecule has 6 nitrogen and oxygen atoms in total. The van der Waals surface area contributed by atoms with Gasteiger partial charge >= 0.3 is 5.97 Å². The van der Waals surface area contributed by atoms with Crippen LogP contribution >= 0.6 is 0 Å². The number of methoxy groups -OCH3 is 1. The van der Waals surface area contributed by atoms with Crippen LogP contribution in [0.3, 0.4) is 0 Å². The van der Waals surface area contributed by atoms with E-state index < -0.39 is 13.9 Å². The quantitative estimate of drug-likeness (QED) is 0.589. The van der Waals surface area contributed by atoms with Gasteiger partial charge in [0.1, 0.15) is 0 Å². The van der Waals surface area contributed by atoms with Gasteiger partial charge < -0.3 is 13.9 Å². The maximum atomic E-state index is 12.3. The molecular formula is C13H22N2O4Si. The Morgan fingerprint density at radius 3 is 2.80 bits per heavy atom. The van der Waals surface area contributed by atoms with Gasteiger partial charge in [0.05, 0.1) is 20.3 Å². The van der Waals surface area contributed by atoms with Crippen LogP contribution in [0.1, 0.15) is 6.42 Å². The predicted molar refractivity (Wildman–Crippen MR) is 73.7 cm³/mol. The van der Waals surface area contributed by atoms with Crippen LogP contribution in [0.15, 0.2) is 10.2 Å². The molecule has 20 heavy (non-hydrogen) atoms. The summed E-state index contributed by atoms with van der Waals surface area (Å²) < 4.78 is 17.0. The van der Waals surface area contributed by atoms with Gasteiger partial charge in [-0.3, -0.25) is 0 Å². The summed E-state index contributed by atoms with van der Waals surface area (Å²) in [5.41, 5.74) is -0.822. The zero-order chi connectivity index (χ0) is 14.5. The maximum absolute atomic E-state index is 12.3. The Balaban J connectivity index is 1.85. The highest BCUT2D eigenvalue weighted by Gasteiger charge is 2.67. The molecule has 7 heteroatoms. The molecule has 3 rings (SSSR count). The van der Waals surface area contributed by atoms with E-state index in [1.54, 1.807) is 0 Å². The van der Waals surface area contributed by atoms with E-state index in [1.165, 1.54) is 7.11 Å².